The first-order chi connectivity index (χ1) is 9.69. The second kappa shape index (κ2) is 9.32. The highest BCUT2D eigenvalue weighted by atomic mass is 35.5. The Morgan fingerprint density at radius 2 is 1.90 bits per heavy atom. The Kier molecular flexibility index (Phi) is 8.11. The van der Waals surface area contributed by atoms with Gasteiger partial charge in [-0.3, -0.25) is 4.90 Å². The van der Waals surface area contributed by atoms with Crippen LogP contribution in [0.4, 0.5) is 0 Å². The third-order valence-electron chi connectivity index (χ3n) is 3.19. The summed E-state index contributed by atoms with van der Waals surface area (Å²) in [5.41, 5.74) is 0. The molecule has 1 heterocycles. The Morgan fingerprint density at radius 3 is 2.40 bits per heavy atom. The molecule has 0 aliphatic carbocycles. The summed E-state index contributed by atoms with van der Waals surface area (Å²) in [6.07, 6.45) is 4.78. The monoisotopic (exact) mass is 301 g/mol. The van der Waals surface area contributed by atoms with Crippen molar-refractivity contribution in [2.75, 3.05) is 33.4 Å². The smallest absolute Gasteiger partial charge is 0.174 e. The molecule has 0 aromatic rings. The highest BCUT2D eigenvalue weighted by Gasteiger charge is 2.42. The van der Waals surface area contributed by atoms with Crippen molar-refractivity contribution >= 4 is 11.6 Å². The fraction of sp³-hybridized carbons (Fsp3) is 0.600. The molecule has 4 nitrogen and oxygen atoms in total. The molecule has 1 aliphatic rings. The van der Waals surface area contributed by atoms with Gasteiger partial charge in [0.1, 0.15) is 0 Å². The minimum absolute atomic E-state index is 0.124. The number of ether oxygens (including phenoxy) is 3. The molecule has 0 N–H and O–H groups in total. The van der Waals surface area contributed by atoms with Crippen LogP contribution in [0.15, 0.2) is 38.0 Å². The molecule has 0 bridgehead atoms. The van der Waals surface area contributed by atoms with Gasteiger partial charge >= 0.3 is 0 Å². The molecule has 1 fully saturated rings. The maximum atomic E-state index is 6.59. The molecule has 4 atom stereocenters. The van der Waals surface area contributed by atoms with Gasteiger partial charge in [-0.1, -0.05) is 18.2 Å². The normalized spacial score (nSPS) is 30.1. The van der Waals surface area contributed by atoms with E-state index in [2.05, 4.69) is 24.6 Å². The van der Waals surface area contributed by atoms with Gasteiger partial charge in [0.15, 0.2) is 6.29 Å². The van der Waals surface area contributed by atoms with E-state index in [0.717, 1.165) is 0 Å². The second-order valence-electron chi connectivity index (χ2n) is 4.56. The van der Waals surface area contributed by atoms with E-state index < -0.39 is 0 Å². The number of hydrogen-bond acceptors (Lipinski definition) is 4. The highest BCUT2D eigenvalue weighted by molar-refractivity contribution is 6.21. The first-order valence-corrected chi connectivity index (χ1v) is 7.10. The molecule has 1 rings (SSSR count). The molecule has 5 heteroatoms. The quantitative estimate of drug-likeness (QED) is 0.483. The molecule has 20 heavy (non-hydrogen) atoms. The van der Waals surface area contributed by atoms with Crippen molar-refractivity contribution in [1.82, 2.24) is 4.90 Å². The first-order valence-electron chi connectivity index (χ1n) is 6.66. The predicted molar refractivity (Wildman–Crippen MR) is 82.1 cm³/mol. The number of methoxy groups -OCH3 is 1. The Balaban J connectivity index is 2.84. The van der Waals surface area contributed by atoms with Crippen LogP contribution < -0.4 is 0 Å². The van der Waals surface area contributed by atoms with Crippen LogP contribution in [0.2, 0.25) is 0 Å². The largest absolute Gasteiger partial charge is 0.370 e. The van der Waals surface area contributed by atoms with Crippen molar-refractivity contribution in [3.05, 3.63) is 38.0 Å². The zero-order valence-electron chi connectivity index (χ0n) is 12.0. The van der Waals surface area contributed by atoms with Gasteiger partial charge in [0, 0.05) is 20.2 Å². The average Bonchev–Trinajstić information content (AvgIpc) is 2.45. The van der Waals surface area contributed by atoms with Gasteiger partial charge in [-0.15, -0.1) is 31.3 Å². The molecular formula is C15H24ClNO3. The van der Waals surface area contributed by atoms with E-state index in [-0.39, 0.29) is 23.8 Å². The third-order valence-corrected chi connectivity index (χ3v) is 3.73. The minimum atomic E-state index is -0.388. The summed E-state index contributed by atoms with van der Waals surface area (Å²) in [5.74, 6) is 0. The number of nitrogens with zero attached hydrogens (tertiary/aromatic N) is 1. The van der Waals surface area contributed by atoms with E-state index >= 15 is 0 Å². The van der Waals surface area contributed by atoms with Crippen molar-refractivity contribution in [3.8, 4) is 0 Å². The lowest BCUT2D eigenvalue weighted by molar-refractivity contribution is -0.211. The van der Waals surface area contributed by atoms with Gasteiger partial charge in [0.2, 0.25) is 0 Å². The first kappa shape index (κ1) is 17.4. The molecular weight excluding hydrogens is 278 g/mol. The standard InChI is InChI=1S/C15H24ClNO3/c1-5-8-17(9-6-2)14-13(16)12(19-10-7-3)11-20-15(14)18-4/h5-7,12-15H,1-3,8-11H2,4H3. The average molecular weight is 302 g/mol. The molecule has 1 aliphatic heterocycles. The van der Waals surface area contributed by atoms with Crippen LogP contribution in [0, 0.1) is 0 Å². The van der Waals surface area contributed by atoms with Crippen LogP contribution in [0.3, 0.4) is 0 Å². The number of alkyl halides is 1. The number of halogens is 1. The van der Waals surface area contributed by atoms with E-state index in [0.29, 0.717) is 26.3 Å². The third kappa shape index (κ3) is 4.43. The zero-order valence-corrected chi connectivity index (χ0v) is 12.8. The van der Waals surface area contributed by atoms with Gasteiger partial charge in [-0.25, -0.2) is 0 Å². The Morgan fingerprint density at radius 1 is 1.25 bits per heavy atom. The topological polar surface area (TPSA) is 30.9 Å². The molecule has 0 saturated carbocycles. The summed E-state index contributed by atoms with van der Waals surface area (Å²) < 4.78 is 16.8. The summed E-state index contributed by atoms with van der Waals surface area (Å²) in [5, 5.41) is -0.242. The summed E-state index contributed by atoms with van der Waals surface area (Å²) in [7, 11) is 1.62. The Bertz CT molecular complexity index is 314. The van der Waals surface area contributed by atoms with Crippen LogP contribution in [-0.4, -0.2) is 62.1 Å². The maximum absolute atomic E-state index is 6.59. The summed E-state index contributed by atoms with van der Waals surface area (Å²) in [6.45, 7) is 13.4. The van der Waals surface area contributed by atoms with Gasteiger partial charge in [0.25, 0.3) is 0 Å². The fourth-order valence-electron chi connectivity index (χ4n) is 2.31. The van der Waals surface area contributed by atoms with Crippen molar-refractivity contribution in [3.63, 3.8) is 0 Å². The summed E-state index contributed by atoms with van der Waals surface area (Å²) >= 11 is 6.59. The van der Waals surface area contributed by atoms with Crippen LogP contribution in [-0.2, 0) is 14.2 Å². The SMILES string of the molecule is C=CCOC1COC(OC)C(N(CC=C)CC=C)C1Cl. The molecule has 1 saturated heterocycles. The summed E-state index contributed by atoms with van der Waals surface area (Å²) in [4.78, 5) is 2.12. The van der Waals surface area contributed by atoms with Gasteiger partial charge in [-0.05, 0) is 0 Å². The van der Waals surface area contributed by atoms with Gasteiger partial charge in [0.05, 0.1) is 30.7 Å². The molecule has 0 radical (unpaired) electrons. The van der Waals surface area contributed by atoms with Crippen LogP contribution in [0.25, 0.3) is 0 Å². The van der Waals surface area contributed by atoms with E-state index in [1.807, 2.05) is 12.2 Å². The number of rotatable bonds is 9. The molecule has 114 valence electrons. The van der Waals surface area contributed by atoms with Gasteiger partial charge < -0.3 is 14.2 Å². The van der Waals surface area contributed by atoms with E-state index in [9.17, 15) is 0 Å². The molecule has 0 spiro atoms. The zero-order chi connectivity index (χ0) is 15.0. The van der Waals surface area contributed by atoms with Crippen molar-refractivity contribution in [2.24, 2.45) is 0 Å². The van der Waals surface area contributed by atoms with Crippen LogP contribution >= 0.6 is 11.6 Å². The van der Waals surface area contributed by atoms with Crippen LogP contribution in [0.5, 0.6) is 0 Å². The number of hydrogen-bond donors (Lipinski definition) is 0. The molecule has 0 aromatic heterocycles. The highest BCUT2D eigenvalue weighted by Crippen LogP contribution is 2.27. The van der Waals surface area contributed by atoms with Crippen molar-refractivity contribution in [1.29, 1.82) is 0 Å². The molecule has 0 amide bonds. The second-order valence-corrected chi connectivity index (χ2v) is 5.07. The lowest BCUT2D eigenvalue weighted by atomic mass is 10.0. The van der Waals surface area contributed by atoms with E-state index in [1.165, 1.54) is 0 Å². The van der Waals surface area contributed by atoms with Gasteiger partial charge in [-0.2, -0.15) is 0 Å². The Labute approximate surface area is 126 Å². The molecule has 4 unspecified atom stereocenters. The predicted octanol–water partition coefficient (Wildman–Crippen LogP) is 2.21. The fourth-order valence-corrected chi connectivity index (χ4v) is 2.74. The van der Waals surface area contributed by atoms with E-state index in [1.54, 1.807) is 13.2 Å². The minimum Gasteiger partial charge on any atom is -0.370 e. The lowest BCUT2D eigenvalue weighted by Gasteiger charge is -2.44. The molecule has 0 aromatic carbocycles. The summed E-state index contributed by atoms with van der Waals surface area (Å²) in [6, 6.07) is -0.124. The van der Waals surface area contributed by atoms with Crippen LogP contribution in [0.1, 0.15) is 0 Å². The van der Waals surface area contributed by atoms with Crippen molar-refractivity contribution < 1.29 is 14.2 Å². The van der Waals surface area contributed by atoms with E-state index in [4.69, 9.17) is 25.8 Å². The Hall–Kier alpha value is -0.650. The maximum Gasteiger partial charge on any atom is 0.174 e. The lowest BCUT2D eigenvalue weighted by Crippen LogP contribution is -2.59. The van der Waals surface area contributed by atoms with Crippen molar-refractivity contribution in [2.45, 2.75) is 23.8 Å².